The van der Waals surface area contributed by atoms with Crippen molar-refractivity contribution in [2.75, 3.05) is 13.2 Å². The molecule has 1 aromatic heterocycles. The molecule has 0 saturated heterocycles. The highest BCUT2D eigenvalue weighted by Crippen LogP contribution is 2.17. The monoisotopic (exact) mass is 263 g/mol. The fourth-order valence-corrected chi connectivity index (χ4v) is 2.99. The Labute approximate surface area is 97.7 Å². The van der Waals surface area contributed by atoms with Crippen molar-refractivity contribution in [1.29, 1.82) is 0 Å². The van der Waals surface area contributed by atoms with Crippen LogP contribution in [-0.4, -0.2) is 32.5 Å². The quantitative estimate of drug-likeness (QED) is 0.761. The summed E-state index contributed by atoms with van der Waals surface area (Å²) in [6.07, 6.45) is 0. The van der Waals surface area contributed by atoms with Gasteiger partial charge in [0.25, 0.3) is 10.0 Å². The molecular weight excluding hydrogens is 252 g/mol. The Kier molecular flexibility index (Phi) is 4.39. The van der Waals surface area contributed by atoms with Gasteiger partial charge in [-0.15, -0.1) is 0 Å². The summed E-state index contributed by atoms with van der Waals surface area (Å²) in [6.45, 7) is 3.04. The van der Waals surface area contributed by atoms with E-state index in [0.717, 1.165) is 11.3 Å². The molecule has 0 aliphatic carbocycles. The molecule has 0 spiro atoms. The number of nitrogens with one attached hydrogen (secondary N) is 1. The van der Waals surface area contributed by atoms with E-state index in [0.29, 0.717) is 5.69 Å². The van der Waals surface area contributed by atoms with E-state index in [1.807, 2.05) is 0 Å². The highest BCUT2D eigenvalue weighted by Gasteiger charge is 2.20. The molecule has 0 amide bonds. The third-order valence-electron chi connectivity index (χ3n) is 1.60. The maximum atomic E-state index is 11.7. The predicted molar refractivity (Wildman–Crippen MR) is 57.5 cm³/mol. The number of ether oxygens (including phenoxy) is 1. The number of hydrogen-bond acceptors (Lipinski definition) is 6. The highest BCUT2D eigenvalue weighted by atomic mass is 32.2. The minimum atomic E-state index is -3.69. The third kappa shape index (κ3) is 3.26. The summed E-state index contributed by atoms with van der Waals surface area (Å²) in [5.41, 5.74) is 2.84. The standard InChI is InChI=1S/C8H11N2O4S2/c1-3-14-7(11)4-10-16(12,13)8-6(2)9-5-15-8/h10H,3-4H2,1-2H3. The number of esters is 1. The molecule has 0 fully saturated rings. The lowest BCUT2D eigenvalue weighted by Gasteiger charge is -2.04. The van der Waals surface area contributed by atoms with Crippen LogP contribution in [0.3, 0.4) is 0 Å². The average Bonchev–Trinajstić information content (AvgIpc) is 2.63. The van der Waals surface area contributed by atoms with Crippen LogP contribution in [0.1, 0.15) is 12.6 Å². The van der Waals surface area contributed by atoms with Gasteiger partial charge in [0, 0.05) is 0 Å². The van der Waals surface area contributed by atoms with Gasteiger partial charge in [-0.1, -0.05) is 11.3 Å². The minimum Gasteiger partial charge on any atom is -0.465 e. The molecule has 0 unspecified atom stereocenters. The van der Waals surface area contributed by atoms with Gasteiger partial charge in [-0.05, 0) is 13.8 Å². The smallest absolute Gasteiger partial charge is 0.321 e. The van der Waals surface area contributed by atoms with E-state index in [1.165, 1.54) is 0 Å². The molecule has 16 heavy (non-hydrogen) atoms. The van der Waals surface area contributed by atoms with E-state index < -0.39 is 16.0 Å². The zero-order valence-corrected chi connectivity index (χ0v) is 10.4. The largest absolute Gasteiger partial charge is 0.465 e. The molecule has 1 rings (SSSR count). The average molecular weight is 263 g/mol. The van der Waals surface area contributed by atoms with Crippen molar-refractivity contribution in [1.82, 2.24) is 9.71 Å². The van der Waals surface area contributed by atoms with Gasteiger partial charge in [0.1, 0.15) is 6.54 Å². The number of thiazole rings is 1. The summed E-state index contributed by atoms with van der Waals surface area (Å²) in [6, 6.07) is 0. The van der Waals surface area contributed by atoms with Crippen molar-refractivity contribution < 1.29 is 17.9 Å². The Hall–Kier alpha value is -0.990. The third-order valence-corrected chi connectivity index (χ3v) is 4.48. The maximum absolute atomic E-state index is 11.7. The number of hydrogen-bond donors (Lipinski definition) is 1. The number of aromatic nitrogens is 1. The van der Waals surface area contributed by atoms with Crippen molar-refractivity contribution in [2.24, 2.45) is 0 Å². The lowest BCUT2D eigenvalue weighted by molar-refractivity contribution is -0.141. The second-order valence-corrected chi connectivity index (χ2v) is 5.56. The second-order valence-electron chi connectivity index (χ2n) is 2.81. The first-order valence-corrected chi connectivity index (χ1v) is 6.76. The van der Waals surface area contributed by atoms with Crippen LogP contribution >= 0.6 is 11.3 Å². The summed E-state index contributed by atoms with van der Waals surface area (Å²) >= 11 is 0.883. The highest BCUT2D eigenvalue weighted by molar-refractivity contribution is 7.91. The van der Waals surface area contributed by atoms with Crippen LogP contribution in [0.4, 0.5) is 0 Å². The molecule has 0 aliphatic heterocycles. The number of carbonyl (C=O) groups excluding carboxylic acids is 1. The fourth-order valence-electron chi connectivity index (χ4n) is 0.933. The van der Waals surface area contributed by atoms with Gasteiger partial charge in [0.15, 0.2) is 9.72 Å². The maximum Gasteiger partial charge on any atom is 0.321 e. The van der Waals surface area contributed by atoms with Crippen LogP contribution in [-0.2, 0) is 19.6 Å². The van der Waals surface area contributed by atoms with Gasteiger partial charge >= 0.3 is 5.97 Å². The van der Waals surface area contributed by atoms with E-state index in [2.05, 4.69) is 20.0 Å². The van der Waals surface area contributed by atoms with Crippen LogP contribution in [0.25, 0.3) is 0 Å². The molecule has 0 atom stereocenters. The van der Waals surface area contributed by atoms with Gasteiger partial charge in [-0.3, -0.25) is 4.79 Å². The summed E-state index contributed by atoms with van der Waals surface area (Å²) < 4.78 is 30.1. The lowest BCUT2D eigenvalue weighted by Crippen LogP contribution is -2.30. The zero-order valence-electron chi connectivity index (χ0n) is 8.81. The molecule has 0 aromatic carbocycles. The van der Waals surface area contributed by atoms with Gasteiger partial charge in [-0.25, -0.2) is 13.4 Å². The topological polar surface area (TPSA) is 85.4 Å². The number of aryl methyl sites for hydroxylation is 1. The van der Waals surface area contributed by atoms with Crippen molar-refractivity contribution in [3.63, 3.8) is 0 Å². The lowest BCUT2D eigenvalue weighted by atomic mass is 10.6. The fraction of sp³-hybridized carbons (Fsp3) is 0.500. The molecule has 0 saturated carbocycles. The van der Waals surface area contributed by atoms with E-state index in [-0.39, 0.29) is 17.4 Å². The van der Waals surface area contributed by atoms with Gasteiger partial charge < -0.3 is 4.74 Å². The molecule has 1 radical (unpaired) electrons. The van der Waals surface area contributed by atoms with Gasteiger partial charge in [0.2, 0.25) is 0 Å². The number of sulfonamides is 1. The molecule has 1 heterocycles. The number of nitrogens with zero attached hydrogens (tertiary/aromatic N) is 1. The van der Waals surface area contributed by atoms with Crippen LogP contribution in [0.5, 0.6) is 0 Å². The van der Waals surface area contributed by atoms with E-state index >= 15 is 0 Å². The SMILES string of the molecule is CCOC(=O)CNS(=O)(=O)c1s[c]nc1C. The summed E-state index contributed by atoms with van der Waals surface area (Å²) in [5.74, 6) is -0.614. The Morgan fingerprint density at radius 1 is 1.62 bits per heavy atom. The molecular formula is C8H11N2O4S2. The van der Waals surface area contributed by atoms with Crippen LogP contribution in [0, 0.1) is 12.4 Å². The Morgan fingerprint density at radius 2 is 2.31 bits per heavy atom. The molecule has 1 N–H and O–H groups in total. The van der Waals surface area contributed by atoms with Gasteiger partial charge in [-0.2, -0.15) is 4.72 Å². The first-order chi connectivity index (χ1) is 7.47. The second kappa shape index (κ2) is 5.37. The Morgan fingerprint density at radius 3 is 2.81 bits per heavy atom. The zero-order chi connectivity index (χ0) is 12.2. The molecule has 1 aromatic rings. The number of rotatable bonds is 5. The van der Waals surface area contributed by atoms with E-state index in [4.69, 9.17) is 0 Å². The molecule has 6 nitrogen and oxygen atoms in total. The molecule has 0 bridgehead atoms. The van der Waals surface area contributed by atoms with Crippen LogP contribution in [0.15, 0.2) is 4.21 Å². The van der Waals surface area contributed by atoms with Crippen LogP contribution in [0.2, 0.25) is 0 Å². The Bertz CT molecular complexity index is 466. The Balaban J connectivity index is 2.67. The van der Waals surface area contributed by atoms with Crippen molar-refractivity contribution in [3.05, 3.63) is 11.2 Å². The summed E-state index contributed by atoms with van der Waals surface area (Å²) in [7, 11) is -3.69. The predicted octanol–water partition coefficient (Wildman–Crippen LogP) is 0.0931. The molecule has 0 aliphatic rings. The van der Waals surface area contributed by atoms with Gasteiger partial charge in [0.05, 0.1) is 12.3 Å². The first-order valence-electron chi connectivity index (χ1n) is 4.46. The van der Waals surface area contributed by atoms with Crippen molar-refractivity contribution in [3.8, 4) is 0 Å². The normalized spacial score (nSPS) is 11.4. The minimum absolute atomic E-state index is 0.0665. The summed E-state index contributed by atoms with van der Waals surface area (Å²) in [5, 5.41) is 0. The molecule has 8 heteroatoms. The van der Waals surface area contributed by atoms with Crippen molar-refractivity contribution >= 4 is 27.3 Å². The number of carbonyl (C=O) groups is 1. The summed E-state index contributed by atoms with van der Waals surface area (Å²) in [4.78, 5) is 14.7. The molecule has 89 valence electrons. The van der Waals surface area contributed by atoms with Crippen LogP contribution < -0.4 is 4.72 Å². The van der Waals surface area contributed by atoms with E-state index in [9.17, 15) is 13.2 Å². The first kappa shape index (κ1) is 13.1. The van der Waals surface area contributed by atoms with E-state index in [1.54, 1.807) is 13.8 Å². The van der Waals surface area contributed by atoms with Crippen molar-refractivity contribution in [2.45, 2.75) is 18.1 Å².